The molecule has 2 rings (SSSR count). The average molecular weight is 205 g/mol. The molecule has 0 saturated heterocycles. The molecule has 4 heteroatoms. The first-order chi connectivity index (χ1) is 7.24. The van der Waals surface area contributed by atoms with Crippen molar-refractivity contribution in [2.24, 2.45) is 0 Å². The Morgan fingerprint density at radius 2 is 2.20 bits per heavy atom. The molecule has 1 atom stereocenters. The Hall–Kier alpha value is -1.84. The number of carbonyl (C=O) groups is 2. The summed E-state index contributed by atoms with van der Waals surface area (Å²) in [6.07, 6.45) is 0. The summed E-state index contributed by atoms with van der Waals surface area (Å²) in [7, 11) is 0. The summed E-state index contributed by atoms with van der Waals surface area (Å²) < 4.78 is 4.88. The van der Waals surface area contributed by atoms with E-state index >= 15 is 0 Å². The lowest BCUT2D eigenvalue weighted by Gasteiger charge is -2.09. The summed E-state index contributed by atoms with van der Waals surface area (Å²) in [5.74, 6) is -0.626. The predicted molar refractivity (Wildman–Crippen MR) is 53.3 cm³/mol. The Bertz CT molecular complexity index is 414. The van der Waals surface area contributed by atoms with E-state index in [2.05, 4.69) is 5.32 Å². The van der Waals surface area contributed by atoms with Crippen LogP contribution < -0.4 is 5.32 Å². The first-order valence-corrected chi connectivity index (χ1v) is 4.80. The van der Waals surface area contributed by atoms with Crippen LogP contribution in [-0.2, 0) is 9.53 Å². The van der Waals surface area contributed by atoms with Gasteiger partial charge in [-0.1, -0.05) is 18.2 Å². The molecule has 1 amide bonds. The first kappa shape index (κ1) is 9.71. The molecule has 78 valence electrons. The highest BCUT2D eigenvalue weighted by Crippen LogP contribution is 2.25. The van der Waals surface area contributed by atoms with Gasteiger partial charge in [-0.05, 0) is 18.6 Å². The molecule has 0 bridgehead atoms. The highest BCUT2D eigenvalue weighted by Gasteiger charge is 2.33. The van der Waals surface area contributed by atoms with Gasteiger partial charge in [-0.3, -0.25) is 4.79 Å². The number of hydrogen-bond acceptors (Lipinski definition) is 3. The molecule has 1 heterocycles. The zero-order valence-electron chi connectivity index (χ0n) is 8.32. The van der Waals surface area contributed by atoms with Crippen molar-refractivity contribution < 1.29 is 14.3 Å². The monoisotopic (exact) mass is 205 g/mol. The molecule has 1 aromatic carbocycles. The Morgan fingerprint density at radius 1 is 1.47 bits per heavy atom. The molecule has 0 aliphatic carbocycles. The summed E-state index contributed by atoms with van der Waals surface area (Å²) in [5.41, 5.74) is 1.25. The number of fused-ring (bicyclic) bond motifs is 1. The highest BCUT2D eigenvalue weighted by atomic mass is 16.5. The molecule has 4 nitrogen and oxygen atoms in total. The maximum atomic E-state index is 11.5. The molecule has 1 N–H and O–H groups in total. The van der Waals surface area contributed by atoms with Crippen LogP contribution in [0.2, 0.25) is 0 Å². The Morgan fingerprint density at radius 3 is 2.93 bits per heavy atom. The molecular weight excluding hydrogens is 194 g/mol. The van der Waals surface area contributed by atoms with E-state index in [4.69, 9.17) is 4.74 Å². The quantitative estimate of drug-likeness (QED) is 0.734. The van der Waals surface area contributed by atoms with Gasteiger partial charge in [0, 0.05) is 5.56 Å². The third-order valence-corrected chi connectivity index (χ3v) is 2.31. The van der Waals surface area contributed by atoms with Crippen molar-refractivity contribution >= 4 is 11.9 Å². The fraction of sp³-hybridized carbons (Fsp3) is 0.273. The van der Waals surface area contributed by atoms with Crippen LogP contribution in [0.4, 0.5) is 0 Å². The molecule has 15 heavy (non-hydrogen) atoms. The number of rotatable bonds is 2. The van der Waals surface area contributed by atoms with Gasteiger partial charge in [0.25, 0.3) is 5.91 Å². The van der Waals surface area contributed by atoms with E-state index in [9.17, 15) is 9.59 Å². The number of carbonyl (C=O) groups excluding carboxylic acids is 2. The van der Waals surface area contributed by atoms with Crippen molar-refractivity contribution in [2.45, 2.75) is 13.0 Å². The smallest absolute Gasteiger partial charge is 0.333 e. The molecule has 1 aliphatic heterocycles. The minimum absolute atomic E-state index is 0.219. The number of benzene rings is 1. The van der Waals surface area contributed by atoms with Crippen molar-refractivity contribution in [3.63, 3.8) is 0 Å². The lowest BCUT2D eigenvalue weighted by atomic mass is 10.1. The molecule has 1 aliphatic rings. The van der Waals surface area contributed by atoms with E-state index in [0.29, 0.717) is 17.7 Å². The van der Waals surface area contributed by atoms with E-state index in [-0.39, 0.29) is 5.91 Å². The maximum Gasteiger partial charge on any atom is 0.333 e. The number of hydrogen-bond donors (Lipinski definition) is 1. The molecule has 0 saturated carbocycles. The second-order valence-corrected chi connectivity index (χ2v) is 3.25. The van der Waals surface area contributed by atoms with Gasteiger partial charge in [0.05, 0.1) is 6.61 Å². The number of nitrogens with one attached hydrogen (secondary N) is 1. The van der Waals surface area contributed by atoms with E-state index in [1.54, 1.807) is 31.2 Å². The van der Waals surface area contributed by atoms with Gasteiger partial charge in [-0.15, -0.1) is 0 Å². The van der Waals surface area contributed by atoms with Crippen LogP contribution in [0.25, 0.3) is 0 Å². The lowest BCUT2D eigenvalue weighted by molar-refractivity contribution is -0.145. The second-order valence-electron chi connectivity index (χ2n) is 3.25. The average Bonchev–Trinajstić information content (AvgIpc) is 2.58. The van der Waals surface area contributed by atoms with Crippen LogP contribution in [0, 0.1) is 0 Å². The van der Waals surface area contributed by atoms with Crippen molar-refractivity contribution in [3.8, 4) is 0 Å². The van der Waals surface area contributed by atoms with Gasteiger partial charge in [0.2, 0.25) is 0 Å². The third-order valence-electron chi connectivity index (χ3n) is 2.31. The van der Waals surface area contributed by atoms with Crippen LogP contribution in [-0.4, -0.2) is 18.5 Å². The van der Waals surface area contributed by atoms with E-state index in [0.717, 1.165) is 0 Å². The molecule has 1 aromatic rings. The van der Waals surface area contributed by atoms with Crippen molar-refractivity contribution in [1.29, 1.82) is 0 Å². The van der Waals surface area contributed by atoms with E-state index in [1.807, 2.05) is 0 Å². The van der Waals surface area contributed by atoms with Crippen LogP contribution in [0.5, 0.6) is 0 Å². The third kappa shape index (κ3) is 1.58. The zero-order chi connectivity index (χ0) is 10.8. The second kappa shape index (κ2) is 3.73. The van der Waals surface area contributed by atoms with Crippen LogP contribution in [0.15, 0.2) is 24.3 Å². The van der Waals surface area contributed by atoms with Gasteiger partial charge in [-0.2, -0.15) is 0 Å². The number of ether oxygens (including phenoxy) is 1. The van der Waals surface area contributed by atoms with Crippen LogP contribution in [0.1, 0.15) is 28.9 Å². The minimum atomic E-state index is -0.645. The maximum absolute atomic E-state index is 11.5. The molecule has 0 aromatic heterocycles. The summed E-state index contributed by atoms with van der Waals surface area (Å²) >= 11 is 0. The molecular formula is C11H11NO3. The largest absolute Gasteiger partial charge is 0.464 e. The fourth-order valence-electron chi connectivity index (χ4n) is 1.65. The van der Waals surface area contributed by atoms with Gasteiger partial charge in [-0.25, -0.2) is 4.79 Å². The normalized spacial score (nSPS) is 18.2. The molecule has 0 radical (unpaired) electrons. The first-order valence-electron chi connectivity index (χ1n) is 4.80. The topological polar surface area (TPSA) is 55.4 Å². The summed E-state index contributed by atoms with van der Waals surface area (Å²) in [6.45, 7) is 2.05. The summed E-state index contributed by atoms with van der Waals surface area (Å²) in [5, 5.41) is 2.59. The number of amides is 1. The van der Waals surface area contributed by atoms with E-state index in [1.165, 1.54) is 0 Å². The SMILES string of the molecule is CCOC(=O)C1NC(=O)c2ccccc21. The highest BCUT2D eigenvalue weighted by molar-refractivity contribution is 6.03. The lowest BCUT2D eigenvalue weighted by Crippen LogP contribution is -2.27. The molecule has 1 unspecified atom stereocenters. The van der Waals surface area contributed by atoms with Gasteiger partial charge in [0.1, 0.15) is 0 Å². The van der Waals surface area contributed by atoms with Gasteiger partial charge >= 0.3 is 5.97 Å². The summed E-state index contributed by atoms with van der Waals surface area (Å²) in [4.78, 5) is 23.0. The Kier molecular flexibility index (Phi) is 2.41. The van der Waals surface area contributed by atoms with E-state index < -0.39 is 12.0 Å². The standard InChI is InChI=1S/C11H11NO3/c1-2-15-11(14)9-7-5-3-4-6-8(7)10(13)12-9/h3-6,9H,2H2,1H3,(H,12,13). The zero-order valence-corrected chi connectivity index (χ0v) is 8.32. The minimum Gasteiger partial charge on any atom is -0.464 e. The van der Waals surface area contributed by atoms with Crippen molar-refractivity contribution in [2.75, 3.05) is 6.61 Å². The van der Waals surface area contributed by atoms with Gasteiger partial charge < -0.3 is 10.1 Å². The van der Waals surface area contributed by atoms with Crippen LogP contribution in [0.3, 0.4) is 0 Å². The molecule has 0 spiro atoms. The summed E-state index contributed by atoms with van der Waals surface area (Å²) in [6, 6.07) is 6.38. The van der Waals surface area contributed by atoms with Gasteiger partial charge in [0.15, 0.2) is 6.04 Å². The number of esters is 1. The molecule has 0 fully saturated rings. The van der Waals surface area contributed by atoms with Crippen LogP contribution >= 0.6 is 0 Å². The Labute approximate surface area is 87.2 Å². The van der Waals surface area contributed by atoms with Crippen molar-refractivity contribution in [3.05, 3.63) is 35.4 Å². The Balaban J connectivity index is 2.32. The fourth-order valence-corrected chi connectivity index (χ4v) is 1.65. The van der Waals surface area contributed by atoms with Crippen molar-refractivity contribution in [1.82, 2.24) is 5.32 Å². The predicted octanol–water partition coefficient (Wildman–Crippen LogP) is 1.03.